The standard InChI is InChI=1S/C11H16N4O/c1-9(16)3-2-5-12-11-10-4-6-14-15(10)8-7-13-11/h4,6-9,16H,2-3,5H2,1H3,(H,12,13). The normalized spacial score (nSPS) is 12.9. The first-order chi connectivity index (χ1) is 7.77. The fraction of sp³-hybridized carbons (Fsp3) is 0.455. The number of aliphatic hydroxyl groups is 1. The van der Waals surface area contributed by atoms with E-state index in [0.29, 0.717) is 0 Å². The van der Waals surface area contributed by atoms with Crippen molar-refractivity contribution in [1.29, 1.82) is 0 Å². The summed E-state index contributed by atoms with van der Waals surface area (Å²) in [6.45, 7) is 2.61. The molecule has 2 aromatic rings. The average molecular weight is 220 g/mol. The molecule has 5 nitrogen and oxygen atoms in total. The van der Waals surface area contributed by atoms with Gasteiger partial charge in [0.15, 0.2) is 5.82 Å². The zero-order chi connectivity index (χ0) is 11.4. The molecule has 1 unspecified atom stereocenters. The van der Waals surface area contributed by atoms with Crippen LogP contribution in [0.3, 0.4) is 0 Å². The number of aromatic nitrogens is 3. The van der Waals surface area contributed by atoms with Gasteiger partial charge in [-0.3, -0.25) is 0 Å². The lowest BCUT2D eigenvalue weighted by Gasteiger charge is -2.07. The molecule has 2 rings (SSSR count). The predicted molar refractivity (Wildman–Crippen MR) is 62.4 cm³/mol. The van der Waals surface area contributed by atoms with Crippen LogP contribution in [0.4, 0.5) is 5.82 Å². The number of nitrogens with one attached hydrogen (secondary N) is 1. The lowest BCUT2D eigenvalue weighted by molar-refractivity contribution is 0.183. The summed E-state index contributed by atoms with van der Waals surface area (Å²) < 4.78 is 1.78. The van der Waals surface area contributed by atoms with E-state index >= 15 is 0 Å². The van der Waals surface area contributed by atoms with Gasteiger partial charge in [-0.2, -0.15) is 5.10 Å². The molecule has 16 heavy (non-hydrogen) atoms. The van der Waals surface area contributed by atoms with Crippen molar-refractivity contribution in [1.82, 2.24) is 14.6 Å². The summed E-state index contributed by atoms with van der Waals surface area (Å²) in [6, 6.07) is 1.92. The molecule has 0 aromatic carbocycles. The van der Waals surface area contributed by atoms with Crippen LogP contribution in [0, 0.1) is 0 Å². The molecule has 0 saturated carbocycles. The first-order valence-corrected chi connectivity index (χ1v) is 5.47. The first kappa shape index (κ1) is 10.9. The fourth-order valence-electron chi connectivity index (χ4n) is 1.60. The average Bonchev–Trinajstić information content (AvgIpc) is 2.72. The van der Waals surface area contributed by atoms with E-state index in [1.807, 2.05) is 12.3 Å². The molecule has 86 valence electrons. The monoisotopic (exact) mass is 220 g/mol. The van der Waals surface area contributed by atoms with E-state index in [2.05, 4.69) is 15.4 Å². The van der Waals surface area contributed by atoms with Gasteiger partial charge in [0.1, 0.15) is 5.52 Å². The third-order valence-electron chi connectivity index (χ3n) is 2.42. The summed E-state index contributed by atoms with van der Waals surface area (Å²) in [7, 11) is 0. The van der Waals surface area contributed by atoms with E-state index in [1.165, 1.54) is 0 Å². The van der Waals surface area contributed by atoms with Crippen LogP contribution in [-0.4, -0.2) is 32.4 Å². The molecule has 0 bridgehead atoms. The predicted octanol–water partition coefficient (Wildman–Crippen LogP) is 1.30. The van der Waals surface area contributed by atoms with Crippen molar-refractivity contribution < 1.29 is 5.11 Å². The van der Waals surface area contributed by atoms with Crippen molar-refractivity contribution in [2.24, 2.45) is 0 Å². The minimum absolute atomic E-state index is 0.236. The molecule has 0 amide bonds. The zero-order valence-corrected chi connectivity index (χ0v) is 9.30. The van der Waals surface area contributed by atoms with Gasteiger partial charge in [-0.1, -0.05) is 0 Å². The molecule has 5 heteroatoms. The molecular formula is C11H16N4O. The number of fused-ring (bicyclic) bond motifs is 1. The highest BCUT2D eigenvalue weighted by Crippen LogP contribution is 2.12. The van der Waals surface area contributed by atoms with Crippen LogP contribution >= 0.6 is 0 Å². The van der Waals surface area contributed by atoms with Crippen LogP contribution in [0.2, 0.25) is 0 Å². The number of aliphatic hydroxyl groups excluding tert-OH is 1. The molecule has 0 saturated heterocycles. The highest BCUT2D eigenvalue weighted by Gasteiger charge is 2.02. The summed E-state index contributed by atoms with van der Waals surface area (Å²) in [6.07, 6.45) is 6.77. The van der Waals surface area contributed by atoms with Gasteiger partial charge in [-0.05, 0) is 25.8 Å². The van der Waals surface area contributed by atoms with Gasteiger partial charge in [0, 0.05) is 18.9 Å². The Morgan fingerprint density at radius 2 is 2.38 bits per heavy atom. The molecule has 0 aliphatic carbocycles. The Hall–Kier alpha value is -1.62. The Bertz CT molecular complexity index is 452. The van der Waals surface area contributed by atoms with Gasteiger partial charge in [0.25, 0.3) is 0 Å². The molecule has 2 heterocycles. The highest BCUT2D eigenvalue weighted by atomic mass is 16.3. The maximum atomic E-state index is 9.13. The molecule has 0 fully saturated rings. The van der Waals surface area contributed by atoms with Crippen LogP contribution < -0.4 is 5.32 Å². The van der Waals surface area contributed by atoms with Gasteiger partial charge < -0.3 is 10.4 Å². The third kappa shape index (κ3) is 2.49. The minimum Gasteiger partial charge on any atom is -0.393 e. The van der Waals surface area contributed by atoms with Gasteiger partial charge in [0.05, 0.1) is 12.3 Å². The smallest absolute Gasteiger partial charge is 0.152 e. The third-order valence-corrected chi connectivity index (χ3v) is 2.42. The van der Waals surface area contributed by atoms with Crippen LogP contribution in [0.15, 0.2) is 24.7 Å². The second kappa shape index (κ2) is 4.94. The maximum absolute atomic E-state index is 9.13. The Balaban J connectivity index is 1.96. The van der Waals surface area contributed by atoms with Gasteiger partial charge in [0.2, 0.25) is 0 Å². The van der Waals surface area contributed by atoms with Gasteiger partial charge in [-0.25, -0.2) is 9.50 Å². The number of rotatable bonds is 5. The molecule has 0 radical (unpaired) electrons. The second-order valence-electron chi connectivity index (χ2n) is 3.85. The Morgan fingerprint density at radius 1 is 1.50 bits per heavy atom. The highest BCUT2D eigenvalue weighted by molar-refractivity contribution is 5.66. The van der Waals surface area contributed by atoms with Crippen LogP contribution in [-0.2, 0) is 0 Å². The lowest BCUT2D eigenvalue weighted by Crippen LogP contribution is -2.08. The summed E-state index contributed by atoms with van der Waals surface area (Å²) in [4.78, 5) is 4.26. The quantitative estimate of drug-likeness (QED) is 0.746. The van der Waals surface area contributed by atoms with Crippen LogP contribution in [0.25, 0.3) is 5.52 Å². The van der Waals surface area contributed by atoms with Crippen molar-refractivity contribution in [3.8, 4) is 0 Å². The molecule has 2 aromatic heterocycles. The zero-order valence-electron chi connectivity index (χ0n) is 9.30. The molecule has 0 spiro atoms. The summed E-state index contributed by atoms with van der Waals surface area (Å²) in [5.41, 5.74) is 0.972. The van der Waals surface area contributed by atoms with Gasteiger partial charge in [-0.15, -0.1) is 0 Å². The topological polar surface area (TPSA) is 62.5 Å². The molecule has 0 aliphatic rings. The van der Waals surface area contributed by atoms with Crippen LogP contribution in [0.5, 0.6) is 0 Å². The minimum atomic E-state index is -0.236. The van der Waals surface area contributed by atoms with Crippen molar-refractivity contribution in [3.05, 3.63) is 24.7 Å². The Kier molecular flexibility index (Phi) is 3.36. The fourth-order valence-corrected chi connectivity index (χ4v) is 1.60. The van der Waals surface area contributed by atoms with E-state index in [9.17, 15) is 0 Å². The second-order valence-corrected chi connectivity index (χ2v) is 3.85. The molecule has 0 aliphatic heterocycles. The number of hydrogen-bond donors (Lipinski definition) is 2. The summed E-state index contributed by atoms with van der Waals surface area (Å²) in [5, 5.41) is 16.5. The first-order valence-electron chi connectivity index (χ1n) is 5.47. The SMILES string of the molecule is CC(O)CCCNc1nccn2nccc12. The Labute approximate surface area is 94.1 Å². The van der Waals surface area contributed by atoms with E-state index in [4.69, 9.17) is 5.11 Å². The van der Waals surface area contributed by atoms with E-state index in [1.54, 1.807) is 23.8 Å². The molecular weight excluding hydrogens is 204 g/mol. The number of hydrogen-bond acceptors (Lipinski definition) is 4. The van der Waals surface area contributed by atoms with E-state index in [-0.39, 0.29) is 6.10 Å². The lowest BCUT2D eigenvalue weighted by atomic mass is 10.2. The largest absolute Gasteiger partial charge is 0.393 e. The summed E-state index contributed by atoms with van der Waals surface area (Å²) in [5.74, 6) is 0.839. The molecule has 2 N–H and O–H groups in total. The van der Waals surface area contributed by atoms with Crippen molar-refractivity contribution >= 4 is 11.3 Å². The van der Waals surface area contributed by atoms with Crippen molar-refractivity contribution in [2.75, 3.05) is 11.9 Å². The van der Waals surface area contributed by atoms with Crippen LogP contribution in [0.1, 0.15) is 19.8 Å². The number of anilines is 1. The van der Waals surface area contributed by atoms with E-state index in [0.717, 1.165) is 30.7 Å². The molecule has 1 atom stereocenters. The number of nitrogens with zero attached hydrogens (tertiary/aromatic N) is 3. The summed E-state index contributed by atoms with van der Waals surface area (Å²) >= 11 is 0. The van der Waals surface area contributed by atoms with Crippen molar-refractivity contribution in [3.63, 3.8) is 0 Å². The van der Waals surface area contributed by atoms with Gasteiger partial charge >= 0.3 is 0 Å². The van der Waals surface area contributed by atoms with E-state index < -0.39 is 0 Å². The maximum Gasteiger partial charge on any atom is 0.152 e. The Morgan fingerprint density at radius 3 is 3.19 bits per heavy atom. The van der Waals surface area contributed by atoms with Crippen molar-refractivity contribution in [2.45, 2.75) is 25.9 Å².